The molecule has 15 heavy (non-hydrogen) atoms. The number of hydrogen-bond donors (Lipinski definition) is 2. The van der Waals surface area contributed by atoms with E-state index < -0.39 is 21.2 Å². The quantitative estimate of drug-likeness (QED) is 0.677. The van der Waals surface area contributed by atoms with Crippen molar-refractivity contribution in [3.05, 3.63) is 12.2 Å². The van der Waals surface area contributed by atoms with Gasteiger partial charge in [0.2, 0.25) is 0 Å². The van der Waals surface area contributed by atoms with E-state index in [9.17, 15) is 13.5 Å². The molecule has 0 spiro atoms. The van der Waals surface area contributed by atoms with Crippen molar-refractivity contribution < 1.29 is 18.6 Å². The number of aliphatic hydroxyl groups excluding tert-OH is 2. The molecule has 0 aliphatic heterocycles. The highest BCUT2D eigenvalue weighted by Gasteiger charge is 2.50. The summed E-state index contributed by atoms with van der Waals surface area (Å²) in [6, 6.07) is 0. The van der Waals surface area contributed by atoms with Crippen molar-refractivity contribution in [2.24, 2.45) is 5.92 Å². The van der Waals surface area contributed by atoms with Gasteiger partial charge in [-0.1, -0.05) is 19.1 Å². The summed E-state index contributed by atoms with van der Waals surface area (Å²) in [5.74, 6) is -0.101. The molecule has 4 nitrogen and oxygen atoms in total. The molecule has 0 bridgehead atoms. The summed E-state index contributed by atoms with van der Waals surface area (Å²) in [6.07, 6.45) is 0.769. The fourth-order valence-electron chi connectivity index (χ4n) is 2.24. The zero-order valence-electron chi connectivity index (χ0n) is 8.94. The van der Waals surface area contributed by atoms with Crippen LogP contribution in [-0.2, 0) is 9.84 Å². The van der Waals surface area contributed by atoms with E-state index in [1.165, 1.54) is 0 Å². The number of hydrogen-bond acceptors (Lipinski definition) is 4. The van der Waals surface area contributed by atoms with Gasteiger partial charge in [0.1, 0.15) is 4.75 Å². The lowest BCUT2D eigenvalue weighted by Crippen LogP contribution is -2.42. The Hall–Kier alpha value is -0.390. The first-order valence-corrected chi connectivity index (χ1v) is 6.71. The van der Waals surface area contributed by atoms with Crippen LogP contribution in [0.2, 0.25) is 0 Å². The molecular formula is C10H18O4S. The van der Waals surface area contributed by atoms with Crippen LogP contribution in [0.4, 0.5) is 0 Å². The van der Waals surface area contributed by atoms with E-state index >= 15 is 0 Å². The normalized spacial score (nSPS) is 32.2. The Labute approximate surface area is 90.5 Å². The summed E-state index contributed by atoms with van der Waals surface area (Å²) in [7, 11) is -3.36. The fourth-order valence-corrected chi connectivity index (χ4v) is 4.01. The van der Waals surface area contributed by atoms with E-state index in [2.05, 4.69) is 6.58 Å². The van der Waals surface area contributed by atoms with Gasteiger partial charge in [-0.3, -0.25) is 0 Å². The molecule has 88 valence electrons. The van der Waals surface area contributed by atoms with Crippen LogP contribution in [0.3, 0.4) is 0 Å². The molecule has 0 radical (unpaired) electrons. The van der Waals surface area contributed by atoms with Gasteiger partial charge >= 0.3 is 0 Å². The van der Waals surface area contributed by atoms with Crippen LogP contribution in [0.1, 0.15) is 19.8 Å². The standard InChI is InChI=1S/C10H18O4S/c1-3-15(13,14)10(7-12)5-9(6-11)4-8(10)2/h9,11-12H,2-7H2,1H3/t9-,10-/m1/s1. The smallest absolute Gasteiger partial charge is 0.161 e. The van der Waals surface area contributed by atoms with Crippen LogP contribution >= 0.6 is 0 Å². The first-order chi connectivity index (χ1) is 6.93. The first kappa shape index (κ1) is 12.7. The Morgan fingerprint density at radius 3 is 2.47 bits per heavy atom. The maximum Gasteiger partial charge on any atom is 0.161 e. The van der Waals surface area contributed by atoms with Gasteiger partial charge in [-0.05, 0) is 18.8 Å². The zero-order chi connectivity index (χ0) is 11.7. The third kappa shape index (κ3) is 1.84. The molecule has 0 amide bonds. The summed E-state index contributed by atoms with van der Waals surface area (Å²) in [6.45, 7) is 4.81. The van der Waals surface area contributed by atoms with Crippen LogP contribution in [0.15, 0.2) is 12.2 Å². The molecule has 1 saturated carbocycles. The van der Waals surface area contributed by atoms with Crippen molar-refractivity contribution in [1.29, 1.82) is 0 Å². The van der Waals surface area contributed by atoms with Gasteiger partial charge in [-0.25, -0.2) is 8.42 Å². The number of sulfone groups is 1. The number of rotatable bonds is 4. The second-order valence-electron chi connectivity index (χ2n) is 4.12. The fraction of sp³-hybridized carbons (Fsp3) is 0.800. The van der Waals surface area contributed by atoms with Crippen molar-refractivity contribution in [1.82, 2.24) is 0 Å². The van der Waals surface area contributed by atoms with Gasteiger partial charge in [-0.15, -0.1) is 0 Å². The Morgan fingerprint density at radius 2 is 2.13 bits per heavy atom. The van der Waals surface area contributed by atoms with Gasteiger partial charge in [-0.2, -0.15) is 0 Å². The minimum atomic E-state index is -3.36. The second kappa shape index (κ2) is 4.23. The SMILES string of the molecule is C=C1C[C@@H](CO)C[C@]1(CO)S(=O)(=O)CC. The zero-order valence-corrected chi connectivity index (χ0v) is 9.76. The molecule has 1 aliphatic carbocycles. The highest BCUT2D eigenvalue weighted by Crippen LogP contribution is 2.43. The molecule has 0 unspecified atom stereocenters. The van der Waals surface area contributed by atoms with Crippen LogP contribution in [0, 0.1) is 5.92 Å². The molecule has 0 aromatic rings. The lowest BCUT2D eigenvalue weighted by Gasteiger charge is -2.27. The monoisotopic (exact) mass is 234 g/mol. The van der Waals surface area contributed by atoms with Gasteiger partial charge in [0.25, 0.3) is 0 Å². The highest BCUT2D eigenvalue weighted by atomic mass is 32.2. The summed E-state index contributed by atoms with van der Waals surface area (Å²) >= 11 is 0. The Kier molecular flexibility index (Phi) is 3.58. The maximum atomic E-state index is 11.9. The molecule has 5 heteroatoms. The van der Waals surface area contributed by atoms with Crippen molar-refractivity contribution in [2.45, 2.75) is 24.5 Å². The Balaban J connectivity index is 3.12. The predicted octanol–water partition coefficient (Wildman–Crippen LogP) is 0.111. The lowest BCUT2D eigenvalue weighted by molar-refractivity contribution is 0.211. The van der Waals surface area contributed by atoms with E-state index in [0.717, 1.165) is 0 Å². The van der Waals surface area contributed by atoms with Crippen molar-refractivity contribution in [3.8, 4) is 0 Å². The van der Waals surface area contributed by atoms with Gasteiger partial charge in [0, 0.05) is 12.4 Å². The first-order valence-electron chi connectivity index (χ1n) is 5.05. The summed E-state index contributed by atoms with van der Waals surface area (Å²) in [5.41, 5.74) is 0.533. The van der Waals surface area contributed by atoms with Crippen LogP contribution in [0.25, 0.3) is 0 Å². The molecule has 0 aromatic carbocycles. The maximum absolute atomic E-state index is 11.9. The van der Waals surface area contributed by atoms with Crippen LogP contribution in [0.5, 0.6) is 0 Å². The van der Waals surface area contributed by atoms with Crippen molar-refractivity contribution in [3.63, 3.8) is 0 Å². The van der Waals surface area contributed by atoms with Crippen LogP contribution in [-0.4, -0.2) is 42.3 Å². The topological polar surface area (TPSA) is 74.6 Å². The minimum Gasteiger partial charge on any atom is -0.396 e. The summed E-state index contributed by atoms with van der Waals surface area (Å²) in [5, 5.41) is 18.4. The lowest BCUT2D eigenvalue weighted by atomic mass is 10.0. The van der Waals surface area contributed by atoms with Gasteiger partial charge < -0.3 is 10.2 Å². The van der Waals surface area contributed by atoms with E-state index in [4.69, 9.17) is 5.11 Å². The van der Waals surface area contributed by atoms with Crippen LogP contribution < -0.4 is 0 Å². The highest BCUT2D eigenvalue weighted by molar-refractivity contribution is 7.93. The molecule has 1 aliphatic rings. The molecule has 0 saturated heterocycles. The number of aliphatic hydroxyl groups is 2. The molecular weight excluding hydrogens is 216 g/mol. The third-order valence-electron chi connectivity index (χ3n) is 3.29. The summed E-state index contributed by atoms with van der Waals surface area (Å²) < 4.78 is 22.6. The third-order valence-corrected chi connectivity index (χ3v) is 5.82. The van der Waals surface area contributed by atoms with Gasteiger partial charge in [0.05, 0.1) is 6.61 Å². The predicted molar refractivity (Wildman–Crippen MR) is 58.2 cm³/mol. The Bertz CT molecular complexity index is 346. The van der Waals surface area contributed by atoms with Gasteiger partial charge in [0.15, 0.2) is 9.84 Å². The molecule has 1 fully saturated rings. The molecule has 2 N–H and O–H groups in total. The van der Waals surface area contributed by atoms with E-state index in [0.29, 0.717) is 12.0 Å². The molecule has 0 aromatic heterocycles. The molecule has 0 heterocycles. The van der Waals surface area contributed by atoms with E-state index in [1.807, 2.05) is 0 Å². The van der Waals surface area contributed by atoms with Crippen molar-refractivity contribution >= 4 is 9.84 Å². The average Bonchev–Trinajstić information content (AvgIpc) is 2.56. The average molecular weight is 234 g/mol. The largest absolute Gasteiger partial charge is 0.396 e. The summed E-state index contributed by atoms with van der Waals surface area (Å²) in [4.78, 5) is 0. The molecule has 1 rings (SSSR count). The second-order valence-corrected chi connectivity index (χ2v) is 6.70. The van der Waals surface area contributed by atoms with Crippen molar-refractivity contribution in [2.75, 3.05) is 19.0 Å². The van der Waals surface area contributed by atoms with E-state index in [1.54, 1.807) is 6.92 Å². The molecule has 2 atom stereocenters. The van der Waals surface area contributed by atoms with E-state index in [-0.39, 0.29) is 24.7 Å². The minimum absolute atomic E-state index is 0.00920. The Morgan fingerprint density at radius 1 is 1.53 bits per heavy atom.